The molecule has 0 heterocycles. The van der Waals surface area contributed by atoms with E-state index in [0.29, 0.717) is 6.54 Å². The van der Waals surface area contributed by atoms with Gasteiger partial charge in [-0.25, -0.2) is 8.42 Å². The Morgan fingerprint density at radius 2 is 1.43 bits per heavy atom. The minimum atomic E-state index is -2.98. The molecule has 0 saturated carbocycles. The summed E-state index contributed by atoms with van der Waals surface area (Å²) in [6.45, 7) is 11.2. The second-order valence-corrected chi connectivity index (χ2v) is 8.35. The largest absolute Gasteiger partial charge is 0.315 e. The molecule has 0 aliphatic carbocycles. The summed E-state index contributed by atoms with van der Waals surface area (Å²) < 4.78 is 22.1. The van der Waals surface area contributed by atoms with Crippen molar-refractivity contribution < 1.29 is 8.42 Å². The van der Waals surface area contributed by atoms with E-state index in [2.05, 4.69) is 26.1 Å². The second-order valence-electron chi connectivity index (χ2n) is 5.70. The quantitative estimate of drug-likeness (QED) is 0.781. The predicted octanol–water partition coefficient (Wildman–Crippen LogP) is 1.45. The number of sulfone groups is 1. The summed E-state index contributed by atoms with van der Waals surface area (Å²) in [7, 11) is -2.98. The highest BCUT2D eigenvalue weighted by Crippen LogP contribution is 2.15. The maximum absolute atomic E-state index is 11.4. The molecular weight excluding hydrogens is 198 g/mol. The lowest BCUT2D eigenvalue weighted by Gasteiger charge is -2.26. The van der Waals surface area contributed by atoms with Crippen molar-refractivity contribution in [3.63, 3.8) is 0 Å². The van der Waals surface area contributed by atoms with Crippen molar-refractivity contribution in [1.29, 1.82) is 0 Å². The highest BCUT2D eigenvalue weighted by atomic mass is 32.2. The number of hydrogen-bond donors (Lipinski definition) is 1. The molecular formula is C10H23NO2S. The Labute approximate surface area is 88.2 Å². The first kappa shape index (κ1) is 13.9. The Hall–Kier alpha value is -0.0900. The number of nitrogens with one attached hydrogen (secondary N) is 1. The van der Waals surface area contributed by atoms with Gasteiger partial charge in [0.2, 0.25) is 0 Å². The van der Waals surface area contributed by atoms with E-state index in [4.69, 9.17) is 0 Å². The summed E-state index contributed by atoms with van der Waals surface area (Å²) in [5.41, 5.74) is 0.188. The van der Waals surface area contributed by atoms with E-state index in [1.54, 1.807) is 13.8 Å². The van der Waals surface area contributed by atoms with Crippen molar-refractivity contribution in [3.05, 3.63) is 0 Å². The van der Waals surface area contributed by atoms with Gasteiger partial charge in [0.1, 0.15) is 0 Å². The van der Waals surface area contributed by atoms with Crippen LogP contribution in [-0.2, 0) is 9.84 Å². The van der Waals surface area contributed by atoms with Crippen molar-refractivity contribution in [1.82, 2.24) is 5.32 Å². The summed E-state index contributed by atoms with van der Waals surface area (Å²) in [6.07, 6.45) is 1.28. The highest BCUT2D eigenvalue weighted by Gasteiger charge is 2.29. The minimum absolute atomic E-state index is 0.188. The first-order valence-corrected chi connectivity index (χ1v) is 6.75. The normalized spacial score (nSPS) is 14.4. The molecule has 0 aliphatic rings. The molecule has 0 saturated heterocycles. The average Bonchev–Trinajstić information content (AvgIpc) is 1.80. The molecule has 0 rings (SSSR count). The van der Waals surface area contributed by atoms with E-state index in [1.807, 2.05) is 0 Å². The molecule has 0 aromatic carbocycles. The van der Waals surface area contributed by atoms with Crippen LogP contribution in [0.25, 0.3) is 0 Å². The van der Waals surface area contributed by atoms with E-state index < -0.39 is 14.6 Å². The van der Waals surface area contributed by atoms with Crippen LogP contribution in [0.3, 0.4) is 0 Å². The molecule has 1 N–H and O–H groups in total. The van der Waals surface area contributed by atoms with Crippen molar-refractivity contribution >= 4 is 9.84 Å². The third-order valence-electron chi connectivity index (χ3n) is 2.21. The van der Waals surface area contributed by atoms with E-state index in [-0.39, 0.29) is 5.41 Å². The van der Waals surface area contributed by atoms with Gasteiger partial charge in [-0.1, -0.05) is 20.8 Å². The van der Waals surface area contributed by atoms with Gasteiger partial charge in [0.05, 0.1) is 4.75 Å². The van der Waals surface area contributed by atoms with Crippen molar-refractivity contribution in [3.8, 4) is 0 Å². The summed E-state index contributed by atoms with van der Waals surface area (Å²) in [4.78, 5) is 0. The number of hydrogen-bond acceptors (Lipinski definition) is 3. The molecule has 0 spiro atoms. The van der Waals surface area contributed by atoms with Gasteiger partial charge in [-0.2, -0.15) is 0 Å². The van der Waals surface area contributed by atoms with E-state index in [0.717, 1.165) is 6.54 Å². The van der Waals surface area contributed by atoms with Crippen LogP contribution in [0, 0.1) is 5.41 Å². The summed E-state index contributed by atoms with van der Waals surface area (Å²) in [5.74, 6) is 0. The van der Waals surface area contributed by atoms with E-state index >= 15 is 0 Å². The van der Waals surface area contributed by atoms with Crippen LogP contribution in [0.2, 0.25) is 0 Å². The maximum Gasteiger partial charge on any atom is 0.153 e. The molecule has 0 atom stereocenters. The molecule has 14 heavy (non-hydrogen) atoms. The zero-order valence-electron chi connectivity index (χ0n) is 10.1. The fraction of sp³-hybridized carbons (Fsp3) is 1.00. The molecule has 4 heteroatoms. The van der Waals surface area contributed by atoms with Crippen molar-refractivity contribution in [2.75, 3.05) is 19.3 Å². The maximum atomic E-state index is 11.4. The molecule has 0 amide bonds. The molecule has 0 bridgehead atoms. The Morgan fingerprint density at radius 1 is 1.00 bits per heavy atom. The average molecular weight is 221 g/mol. The van der Waals surface area contributed by atoms with Crippen LogP contribution >= 0.6 is 0 Å². The van der Waals surface area contributed by atoms with Crippen LogP contribution in [0.5, 0.6) is 0 Å². The fourth-order valence-corrected chi connectivity index (χ4v) is 1.23. The smallest absolute Gasteiger partial charge is 0.153 e. The van der Waals surface area contributed by atoms with Gasteiger partial charge in [-0.15, -0.1) is 0 Å². The molecule has 0 aliphatic heterocycles. The Balaban J connectivity index is 4.16. The van der Waals surface area contributed by atoms with Gasteiger partial charge in [0.15, 0.2) is 9.84 Å². The van der Waals surface area contributed by atoms with Crippen LogP contribution in [0.4, 0.5) is 0 Å². The molecule has 86 valence electrons. The van der Waals surface area contributed by atoms with Gasteiger partial charge in [0.25, 0.3) is 0 Å². The first-order chi connectivity index (χ1) is 5.96. The summed E-state index contributed by atoms with van der Waals surface area (Å²) in [5, 5.41) is 3.19. The third kappa shape index (κ3) is 4.96. The third-order valence-corrected chi connectivity index (χ3v) is 4.36. The Kier molecular flexibility index (Phi) is 4.16. The zero-order chi connectivity index (χ0) is 11.6. The van der Waals surface area contributed by atoms with Crippen LogP contribution in [0.1, 0.15) is 34.6 Å². The zero-order valence-corrected chi connectivity index (χ0v) is 11.0. The van der Waals surface area contributed by atoms with Crippen molar-refractivity contribution in [2.24, 2.45) is 5.41 Å². The first-order valence-electron chi connectivity index (χ1n) is 4.86. The van der Waals surface area contributed by atoms with Crippen LogP contribution in [-0.4, -0.2) is 32.5 Å². The highest BCUT2D eigenvalue weighted by molar-refractivity contribution is 7.92. The molecule has 0 radical (unpaired) electrons. The minimum Gasteiger partial charge on any atom is -0.315 e. The second kappa shape index (κ2) is 4.19. The van der Waals surface area contributed by atoms with Gasteiger partial charge in [-0.3, -0.25) is 0 Å². The molecule has 0 aromatic rings. The van der Waals surface area contributed by atoms with E-state index in [9.17, 15) is 8.42 Å². The summed E-state index contributed by atoms with van der Waals surface area (Å²) >= 11 is 0. The Morgan fingerprint density at radius 3 is 1.71 bits per heavy atom. The standard InChI is InChI=1S/C10H23NO2S/c1-9(2,3)7-11-8-10(4,5)14(6,12)13/h11H,7-8H2,1-6H3. The van der Waals surface area contributed by atoms with Gasteiger partial charge in [0, 0.05) is 19.3 Å². The van der Waals surface area contributed by atoms with Crippen LogP contribution in [0.15, 0.2) is 0 Å². The molecule has 3 nitrogen and oxygen atoms in total. The van der Waals surface area contributed by atoms with Gasteiger partial charge < -0.3 is 5.32 Å². The number of rotatable bonds is 4. The van der Waals surface area contributed by atoms with Crippen LogP contribution < -0.4 is 5.32 Å². The predicted molar refractivity (Wildman–Crippen MR) is 61.2 cm³/mol. The molecule has 0 fully saturated rings. The molecule has 0 unspecified atom stereocenters. The Bertz CT molecular complexity index is 273. The lowest BCUT2D eigenvalue weighted by molar-refractivity contribution is 0.370. The topological polar surface area (TPSA) is 46.2 Å². The monoisotopic (exact) mass is 221 g/mol. The lowest BCUT2D eigenvalue weighted by Crippen LogP contribution is -2.43. The van der Waals surface area contributed by atoms with Gasteiger partial charge in [-0.05, 0) is 19.3 Å². The lowest BCUT2D eigenvalue weighted by atomic mass is 9.97. The summed E-state index contributed by atoms with van der Waals surface area (Å²) in [6, 6.07) is 0. The molecule has 0 aromatic heterocycles. The SMILES string of the molecule is CC(C)(C)CNCC(C)(C)S(C)(=O)=O. The van der Waals surface area contributed by atoms with Gasteiger partial charge >= 0.3 is 0 Å². The van der Waals surface area contributed by atoms with Crippen molar-refractivity contribution in [2.45, 2.75) is 39.4 Å². The van der Waals surface area contributed by atoms with E-state index in [1.165, 1.54) is 6.26 Å². The fourth-order valence-electron chi connectivity index (χ4n) is 0.870.